The van der Waals surface area contributed by atoms with Gasteiger partial charge in [-0.05, 0) is 31.9 Å². The van der Waals surface area contributed by atoms with Gasteiger partial charge in [-0.1, -0.05) is 17.7 Å². The number of halogens is 1. The van der Waals surface area contributed by atoms with Crippen molar-refractivity contribution in [1.29, 1.82) is 0 Å². The number of rotatable bonds is 2. The predicted octanol–water partition coefficient (Wildman–Crippen LogP) is 2.38. The fraction of sp³-hybridized carbons (Fsp3) is 0.350. The zero-order valence-corrected chi connectivity index (χ0v) is 15.4. The molecule has 1 aromatic carbocycles. The molecule has 0 amide bonds. The van der Waals surface area contributed by atoms with Gasteiger partial charge in [-0.2, -0.15) is 5.10 Å². The van der Waals surface area contributed by atoms with E-state index in [2.05, 4.69) is 5.10 Å². The molecule has 0 unspecified atom stereocenters. The first-order valence-corrected chi connectivity index (χ1v) is 9.05. The number of anilines is 1. The first kappa shape index (κ1) is 17.5. The van der Waals surface area contributed by atoms with Gasteiger partial charge < -0.3 is 4.90 Å². The van der Waals surface area contributed by atoms with Gasteiger partial charge in [0, 0.05) is 37.8 Å². The Bertz CT molecular complexity index is 1130. The van der Waals surface area contributed by atoms with Gasteiger partial charge in [0.2, 0.25) is 0 Å². The molecule has 0 bridgehead atoms. The number of piperidine rings is 1. The van der Waals surface area contributed by atoms with Crippen molar-refractivity contribution >= 4 is 16.6 Å². The molecule has 140 valence electrons. The monoisotopic (exact) mass is 368 g/mol. The maximum atomic E-state index is 15.2. The molecule has 0 aliphatic carbocycles. The van der Waals surface area contributed by atoms with Crippen molar-refractivity contribution in [3.8, 4) is 0 Å². The van der Waals surface area contributed by atoms with E-state index in [9.17, 15) is 9.59 Å². The normalized spacial score (nSPS) is 15.4. The minimum Gasteiger partial charge on any atom is -0.355 e. The van der Waals surface area contributed by atoms with Crippen molar-refractivity contribution in [3.05, 3.63) is 68.6 Å². The fourth-order valence-corrected chi connectivity index (χ4v) is 3.89. The highest BCUT2D eigenvalue weighted by Gasteiger charge is 2.26. The number of pyridine rings is 1. The molecule has 1 aliphatic rings. The van der Waals surface area contributed by atoms with Gasteiger partial charge in [0.05, 0.1) is 11.4 Å². The quantitative estimate of drug-likeness (QED) is 0.697. The number of aryl methyl sites for hydroxylation is 1. The van der Waals surface area contributed by atoms with Crippen LogP contribution in [0.1, 0.15) is 24.4 Å². The van der Waals surface area contributed by atoms with Crippen LogP contribution in [-0.4, -0.2) is 27.4 Å². The van der Waals surface area contributed by atoms with Crippen molar-refractivity contribution in [3.63, 3.8) is 0 Å². The molecule has 3 aromatic rings. The first-order chi connectivity index (χ1) is 13.0. The Kier molecular flexibility index (Phi) is 4.30. The molecular weight excluding hydrogens is 347 g/mol. The minimum atomic E-state index is -0.374. The fourth-order valence-electron chi connectivity index (χ4n) is 3.89. The Balaban J connectivity index is 1.68. The number of hydrogen-bond acceptors (Lipinski definition) is 4. The first-order valence-electron chi connectivity index (χ1n) is 9.05. The lowest BCUT2D eigenvalue weighted by Crippen LogP contribution is -2.41. The van der Waals surface area contributed by atoms with Crippen molar-refractivity contribution in [1.82, 2.24) is 14.3 Å². The lowest BCUT2D eigenvalue weighted by atomic mass is 10.0. The second-order valence-corrected chi connectivity index (χ2v) is 7.08. The highest BCUT2D eigenvalue weighted by atomic mass is 19.1. The zero-order chi connectivity index (χ0) is 19.1. The average Bonchev–Trinajstić information content (AvgIpc) is 2.67. The molecule has 0 N–H and O–H groups in total. The van der Waals surface area contributed by atoms with Crippen molar-refractivity contribution < 1.29 is 4.39 Å². The molecule has 0 radical (unpaired) electrons. The third kappa shape index (κ3) is 2.93. The van der Waals surface area contributed by atoms with Crippen molar-refractivity contribution in [2.45, 2.75) is 25.8 Å². The van der Waals surface area contributed by atoms with Gasteiger partial charge in [-0.3, -0.25) is 14.2 Å². The van der Waals surface area contributed by atoms with Crippen LogP contribution in [0.2, 0.25) is 0 Å². The molecule has 7 heteroatoms. The molecule has 0 atom stereocenters. The number of hydrogen-bond donors (Lipinski definition) is 0. The number of nitrogens with zero attached hydrogens (tertiary/aromatic N) is 4. The maximum Gasteiger partial charge on any atom is 0.266 e. The van der Waals surface area contributed by atoms with E-state index in [0.29, 0.717) is 42.5 Å². The third-order valence-electron chi connectivity index (χ3n) is 5.31. The molecule has 1 fully saturated rings. The molecule has 1 saturated heterocycles. The second kappa shape index (κ2) is 6.64. The summed E-state index contributed by atoms with van der Waals surface area (Å²) in [4.78, 5) is 26.6. The third-order valence-corrected chi connectivity index (χ3v) is 5.31. The van der Waals surface area contributed by atoms with Crippen LogP contribution in [0.25, 0.3) is 10.8 Å². The molecule has 3 heterocycles. The smallest absolute Gasteiger partial charge is 0.266 e. The summed E-state index contributed by atoms with van der Waals surface area (Å²) in [6, 6.07) is 8.31. The van der Waals surface area contributed by atoms with E-state index in [1.54, 1.807) is 31.4 Å². The Labute approximate surface area is 155 Å². The molecule has 4 rings (SSSR count). The van der Waals surface area contributed by atoms with E-state index >= 15 is 4.39 Å². The van der Waals surface area contributed by atoms with Crippen LogP contribution < -0.4 is 16.0 Å². The summed E-state index contributed by atoms with van der Waals surface area (Å²) in [6.45, 7) is 2.99. The summed E-state index contributed by atoms with van der Waals surface area (Å²) in [6.07, 6.45) is 2.93. The van der Waals surface area contributed by atoms with E-state index < -0.39 is 0 Å². The van der Waals surface area contributed by atoms with Crippen LogP contribution >= 0.6 is 0 Å². The maximum absolute atomic E-state index is 15.2. The van der Waals surface area contributed by atoms with E-state index in [1.165, 1.54) is 15.3 Å². The lowest BCUT2D eigenvalue weighted by Gasteiger charge is -2.34. The molecule has 0 spiro atoms. The van der Waals surface area contributed by atoms with Gasteiger partial charge in [0.1, 0.15) is 5.82 Å². The molecular formula is C20H21FN4O2. The summed E-state index contributed by atoms with van der Waals surface area (Å²) in [7, 11) is 1.61. The molecule has 6 nitrogen and oxygen atoms in total. The predicted molar refractivity (Wildman–Crippen MR) is 103 cm³/mol. The molecule has 0 saturated carbocycles. The highest BCUT2D eigenvalue weighted by Crippen LogP contribution is 2.29. The summed E-state index contributed by atoms with van der Waals surface area (Å²) in [5, 5.41) is 4.90. The summed E-state index contributed by atoms with van der Waals surface area (Å²) < 4.78 is 18.1. The zero-order valence-electron chi connectivity index (χ0n) is 15.4. The summed E-state index contributed by atoms with van der Waals surface area (Å²) >= 11 is 0. The second-order valence-electron chi connectivity index (χ2n) is 7.08. The molecule has 2 aromatic heterocycles. The van der Waals surface area contributed by atoms with E-state index in [-0.39, 0.29) is 23.0 Å². The van der Waals surface area contributed by atoms with E-state index in [1.807, 2.05) is 17.9 Å². The summed E-state index contributed by atoms with van der Waals surface area (Å²) in [5.41, 5.74) is 0.595. The largest absolute Gasteiger partial charge is 0.355 e. The van der Waals surface area contributed by atoms with Gasteiger partial charge in [-0.15, -0.1) is 0 Å². The van der Waals surface area contributed by atoms with Crippen molar-refractivity contribution in [2.75, 3.05) is 18.0 Å². The Morgan fingerprint density at radius 2 is 1.85 bits per heavy atom. The standard InChI is InChI=1S/C20H21FN4O2/c1-13-5-6-15-16(12-13)20(27)23(2)19(18(15)21)24-10-7-14(8-11-24)25-17(26)4-3-9-22-25/h3-6,9,12,14H,7-8,10-11H2,1-2H3. The van der Waals surface area contributed by atoms with Crippen LogP contribution in [0.15, 0.2) is 46.1 Å². The number of aromatic nitrogens is 3. The number of fused-ring (bicyclic) bond motifs is 1. The molecule has 27 heavy (non-hydrogen) atoms. The topological polar surface area (TPSA) is 60.1 Å². The van der Waals surface area contributed by atoms with Gasteiger partial charge in [0.15, 0.2) is 5.82 Å². The summed E-state index contributed by atoms with van der Waals surface area (Å²) in [5.74, 6) is -0.0660. The van der Waals surface area contributed by atoms with Crippen LogP contribution in [0.4, 0.5) is 10.2 Å². The van der Waals surface area contributed by atoms with E-state index in [0.717, 1.165) is 5.56 Å². The van der Waals surface area contributed by atoms with Gasteiger partial charge in [0.25, 0.3) is 11.1 Å². The van der Waals surface area contributed by atoms with Gasteiger partial charge in [-0.25, -0.2) is 9.07 Å². The van der Waals surface area contributed by atoms with Crippen molar-refractivity contribution in [2.24, 2.45) is 7.05 Å². The van der Waals surface area contributed by atoms with Crippen LogP contribution in [0.3, 0.4) is 0 Å². The highest BCUT2D eigenvalue weighted by molar-refractivity contribution is 5.85. The number of benzene rings is 1. The van der Waals surface area contributed by atoms with Gasteiger partial charge >= 0.3 is 0 Å². The van der Waals surface area contributed by atoms with E-state index in [4.69, 9.17) is 0 Å². The lowest BCUT2D eigenvalue weighted by molar-refractivity contribution is 0.349. The Morgan fingerprint density at radius 1 is 1.11 bits per heavy atom. The van der Waals surface area contributed by atoms with Crippen LogP contribution in [-0.2, 0) is 7.05 Å². The Morgan fingerprint density at radius 3 is 2.56 bits per heavy atom. The van der Waals surface area contributed by atoms with Crippen LogP contribution in [0, 0.1) is 12.7 Å². The Hall–Kier alpha value is -2.96. The molecule has 1 aliphatic heterocycles. The minimum absolute atomic E-state index is 0.0156. The van der Waals surface area contributed by atoms with Crippen LogP contribution in [0.5, 0.6) is 0 Å². The SMILES string of the molecule is Cc1ccc2c(F)c(N3CCC(n4ncccc4=O)CC3)n(C)c(=O)c2c1. The average molecular weight is 368 g/mol.